The van der Waals surface area contributed by atoms with Gasteiger partial charge in [-0.25, -0.2) is 0 Å². The maximum absolute atomic E-state index is 12.9. The van der Waals surface area contributed by atoms with E-state index < -0.39 is 5.41 Å². The largest absolute Gasteiger partial charge is 0.493 e. The highest BCUT2D eigenvalue weighted by molar-refractivity contribution is 6.17. The maximum atomic E-state index is 12.9. The van der Waals surface area contributed by atoms with E-state index in [1.165, 1.54) is 21.3 Å². The Labute approximate surface area is 164 Å². The van der Waals surface area contributed by atoms with Gasteiger partial charge in [-0.15, -0.1) is 0 Å². The molecule has 0 heterocycles. The highest BCUT2D eigenvalue weighted by Crippen LogP contribution is 2.48. The first-order chi connectivity index (χ1) is 13.4. The second kappa shape index (κ2) is 7.80. The van der Waals surface area contributed by atoms with Crippen molar-refractivity contribution in [1.29, 1.82) is 0 Å². The second-order valence-electron chi connectivity index (χ2n) is 6.72. The summed E-state index contributed by atoms with van der Waals surface area (Å²) in [5.74, 6) is 0.624. The van der Waals surface area contributed by atoms with Crippen LogP contribution in [0.15, 0.2) is 36.4 Å². The molecule has 0 aliphatic heterocycles. The highest BCUT2D eigenvalue weighted by Gasteiger charge is 2.56. The molecule has 2 aromatic rings. The molecule has 0 spiro atoms. The van der Waals surface area contributed by atoms with Gasteiger partial charge in [-0.1, -0.05) is 18.2 Å². The fraction of sp³-hybridized carbons (Fsp3) is 0.333. The number of methoxy groups -OCH3 is 3. The molecule has 2 N–H and O–H groups in total. The van der Waals surface area contributed by atoms with E-state index in [0.29, 0.717) is 41.5 Å². The molecule has 2 aromatic carbocycles. The molecule has 1 aliphatic rings. The van der Waals surface area contributed by atoms with E-state index in [0.717, 1.165) is 5.56 Å². The molecule has 1 fully saturated rings. The summed E-state index contributed by atoms with van der Waals surface area (Å²) in [5, 5.41) is 5.69. The molecule has 0 unspecified atom stereocenters. The summed E-state index contributed by atoms with van der Waals surface area (Å²) in [4.78, 5) is 25.7. The maximum Gasteiger partial charge on any atom is 0.240 e. The Hall–Kier alpha value is -3.22. The quantitative estimate of drug-likeness (QED) is 0.715. The Morgan fingerprint density at radius 3 is 1.96 bits per heavy atom. The van der Waals surface area contributed by atoms with Crippen molar-refractivity contribution in [3.8, 4) is 17.2 Å². The smallest absolute Gasteiger partial charge is 0.240 e. The van der Waals surface area contributed by atoms with E-state index in [2.05, 4.69) is 10.6 Å². The van der Waals surface area contributed by atoms with Crippen LogP contribution in [0.25, 0.3) is 0 Å². The molecule has 0 radical (unpaired) electrons. The number of ether oxygens (including phenoxy) is 3. The molecule has 7 nitrogen and oxygen atoms in total. The number of carbonyl (C=O) groups excluding carboxylic acids is 2. The van der Waals surface area contributed by atoms with E-state index >= 15 is 0 Å². The van der Waals surface area contributed by atoms with Crippen LogP contribution in [-0.2, 0) is 9.59 Å². The van der Waals surface area contributed by atoms with Gasteiger partial charge in [0.25, 0.3) is 0 Å². The summed E-state index contributed by atoms with van der Waals surface area (Å²) in [5.41, 5.74) is 1.05. The van der Waals surface area contributed by atoms with Gasteiger partial charge in [-0.2, -0.15) is 0 Å². The van der Waals surface area contributed by atoms with Gasteiger partial charge in [0.05, 0.1) is 21.3 Å². The molecule has 0 aromatic heterocycles. The number of anilines is 2. The normalized spacial score (nSPS) is 14.0. The van der Waals surface area contributed by atoms with Crippen molar-refractivity contribution in [2.45, 2.75) is 19.8 Å². The lowest BCUT2D eigenvalue weighted by Gasteiger charge is -2.18. The predicted molar refractivity (Wildman–Crippen MR) is 106 cm³/mol. The van der Waals surface area contributed by atoms with Crippen molar-refractivity contribution < 1.29 is 23.8 Å². The number of rotatable bonds is 7. The van der Waals surface area contributed by atoms with Crippen molar-refractivity contribution in [3.05, 3.63) is 42.0 Å². The third-order valence-electron chi connectivity index (χ3n) is 4.94. The SMILES string of the molecule is COc1cc(NC(=O)C2(C(=O)Nc3ccccc3C)CC2)cc(OC)c1OC. The van der Waals surface area contributed by atoms with Gasteiger partial charge in [0.1, 0.15) is 5.41 Å². The topological polar surface area (TPSA) is 85.9 Å². The number of nitrogens with one attached hydrogen (secondary N) is 2. The van der Waals surface area contributed by atoms with Crippen LogP contribution < -0.4 is 24.8 Å². The van der Waals surface area contributed by atoms with Crippen LogP contribution in [0.4, 0.5) is 11.4 Å². The van der Waals surface area contributed by atoms with Crippen LogP contribution in [0.1, 0.15) is 18.4 Å². The van der Waals surface area contributed by atoms with E-state index in [9.17, 15) is 9.59 Å². The van der Waals surface area contributed by atoms with Crippen LogP contribution in [-0.4, -0.2) is 33.1 Å². The molecule has 3 rings (SSSR count). The highest BCUT2D eigenvalue weighted by atomic mass is 16.5. The molecular weight excluding hydrogens is 360 g/mol. The Morgan fingerprint density at radius 1 is 0.893 bits per heavy atom. The number of hydrogen-bond donors (Lipinski definition) is 2. The van der Waals surface area contributed by atoms with Gasteiger partial charge < -0.3 is 24.8 Å². The summed E-state index contributed by atoms with van der Waals surface area (Å²) in [6.45, 7) is 1.91. The molecule has 1 aliphatic carbocycles. The van der Waals surface area contributed by atoms with Crippen molar-refractivity contribution in [2.24, 2.45) is 5.41 Å². The van der Waals surface area contributed by atoms with Crippen LogP contribution in [0, 0.1) is 12.3 Å². The number of amides is 2. The Morgan fingerprint density at radius 2 is 1.46 bits per heavy atom. The molecule has 0 bridgehead atoms. The van der Waals surface area contributed by atoms with E-state index in [-0.39, 0.29) is 11.8 Å². The average Bonchev–Trinajstić information content (AvgIpc) is 3.51. The molecule has 7 heteroatoms. The Kier molecular flexibility index (Phi) is 5.44. The molecule has 0 atom stereocenters. The monoisotopic (exact) mass is 384 g/mol. The van der Waals surface area contributed by atoms with Gasteiger partial charge in [0, 0.05) is 23.5 Å². The summed E-state index contributed by atoms with van der Waals surface area (Å²) in [6.07, 6.45) is 1.00. The lowest BCUT2D eigenvalue weighted by molar-refractivity contribution is -0.131. The van der Waals surface area contributed by atoms with Crippen molar-refractivity contribution in [2.75, 3.05) is 32.0 Å². The van der Waals surface area contributed by atoms with Crippen LogP contribution >= 0.6 is 0 Å². The van der Waals surface area contributed by atoms with Gasteiger partial charge in [0.2, 0.25) is 17.6 Å². The lowest BCUT2D eigenvalue weighted by atomic mass is 10.0. The van der Waals surface area contributed by atoms with Gasteiger partial charge in [0.15, 0.2) is 11.5 Å². The van der Waals surface area contributed by atoms with Crippen molar-refractivity contribution >= 4 is 23.2 Å². The van der Waals surface area contributed by atoms with Gasteiger partial charge >= 0.3 is 0 Å². The van der Waals surface area contributed by atoms with E-state index in [1.54, 1.807) is 12.1 Å². The molecular formula is C21H24N2O5. The van der Waals surface area contributed by atoms with E-state index in [4.69, 9.17) is 14.2 Å². The fourth-order valence-electron chi connectivity index (χ4n) is 3.04. The summed E-state index contributed by atoms with van der Waals surface area (Å²) >= 11 is 0. The third-order valence-corrected chi connectivity index (χ3v) is 4.94. The molecule has 2 amide bonds. The minimum Gasteiger partial charge on any atom is -0.493 e. The molecule has 28 heavy (non-hydrogen) atoms. The first-order valence-electron chi connectivity index (χ1n) is 8.93. The number of para-hydroxylation sites is 1. The van der Waals surface area contributed by atoms with Crippen LogP contribution in [0.5, 0.6) is 17.2 Å². The molecule has 148 valence electrons. The van der Waals surface area contributed by atoms with Crippen LogP contribution in [0.3, 0.4) is 0 Å². The Bertz CT molecular complexity index is 880. The van der Waals surface area contributed by atoms with Crippen LogP contribution in [0.2, 0.25) is 0 Å². The standard InChI is InChI=1S/C21H24N2O5/c1-13-7-5-6-8-15(13)23-20(25)21(9-10-21)19(24)22-14-11-16(26-2)18(28-4)17(12-14)27-3/h5-8,11-12H,9-10H2,1-4H3,(H,22,24)(H,23,25). The van der Waals surface area contributed by atoms with Crippen molar-refractivity contribution in [3.63, 3.8) is 0 Å². The van der Waals surface area contributed by atoms with Gasteiger partial charge in [-0.3, -0.25) is 9.59 Å². The molecule has 0 saturated heterocycles. The summed E-state index contributed by atoms with van der Waals surface area (Å²) in [6, 6.07) is 10.7. The minimum atomic E-state index is -1.07. The number of benzene rings is 2. The zero-order valence-electron chi connectivity index (χ0n) is 16.4. The zero-order valence-corrected chi connectivity index (χ0v) is 16.4. The summed E-state index contributed by atoms with van der Waals surface area (Å²) < 4.78 is 15.9. The minimum absolute atomic E-state index is 0.299. The fourth-order valence-corrected chi connectivity index (χ4v) is 3.04. The second-order valence-corrected chi connectivity index (χ2v) is 6.72. The zero-order chi connectivity index (χ0) is 20.3. The average molecular weight is 384 g/mol. The number of hydrogen-bond acceptors (Lipinski definition) is 5. The first kappa shape index (κ1) is 19.5. The first-order valence-corrected chi connectivity index (χ1v) is 8.93. The van der Waals surface area contributed by atoms with E-state index in [1.807, 2.05) is 31.2 Å². The predicted octanol–water partition coefficient (Wildman–Crippen LogP) is 3.38. The lowest BCUT2D eigenvalue weighted by Crippen LogP contribution is -2.35. The van der Waals surface area contributed by atoms with Crippen molar-refractivity contribution in [1.82, 2.24) is 0 Å². The number of carbonyl (C=O) groups is 2. The molecule has 1 saturated carbocycles. The number of aryl methyl sites for hydroxylation is 1. The Balaban J connectivity index is 1.79. The van der Waals surface area contributed by atoms with Gasteiger partial charge in [-0.05, 0) is 31.4 Å². The third kappa shape index (κ3) is 3.60. The summed E-state index contributed by atoms with van der Waals surface area (Å²) in [7, 11) is 4.51.